The number of carbonyl (C=O) groups excluding carboxylic acids is 2. The third kappa shape index (κ3) is 13.0. The number of rotatable bonds is 22. The maximum absolute atomic E-state index is 12.7. The second-order valence-electron chi connectivity index (χ2n) is 9.75. The Morgan fingerprint density at radius 2 is 0.788 bits per heavy atom. The van der Waals surface area contributed by atoms with Crippen molar-refractivity contribution in [2.24, 2.45) is 0 Å². The summed E-state index contributed by atoms with van der Waals surface area (Å²) in [6, 6.07) is 0. The average molecular weight is 527 g/mol. The van der Waals surface area contributed by atoms with Crippen LogP contribution in [0.5, 0.6) is 0 Å². The zero-order chi connectivity index (χ0) is 24.2. The fourth-order valence-electron chi connectivity index (χ4n) is 4.63. The summed E-state index contributed by atoms with van der Waals surface area (Å²) in [5.41, 5.74) is 0.300. The average Bonchev–Trinajstić information content (AvgIpc) is 3.04. The molecule has 0 aromatic rings. The summed E-state index contributed by atoms with van der Waals surface area (Å²) in [7, 11) is 0. The van der Waals surface area contributed by atoms with Gasteiger partial charge in [-0.05, 0) is 0 Å². The molecule has 0 unspecified atom stereocenters. The van der Waals surface area contributed by atoms with E-state index in [-0.39, 0.29) is 11.8 Å². The van der Waals surface area contributed by atoms with Crippen LogP contribution in [0.1, 0.15) is 142 Å². The first kappa shape index (κ1) is 30.2. The number of carbonyl (C=O) groups is 2. The second kappa shape index (κ2) is 20.6. The van der Waals surface area contributed by atoms with Crippen molar-refractivity contribution < 1.29 is 9.59 Å². The van der Waals surface area contributed by atoms with Crippen molar-refractivity contribution in [2.75, 3.05) is 13.1 Å². The molecule has 33 heavy (non-hydrogen) atoms. The molecule has 0 bridgehead atoms. The van der Waals surface area contributed by atoms with Crippen LogP contribution in [0.25, 0.3) is 0 Å². The van der Waals surface area contributed by atoms with Gasteiger partial charge in [-0.3, -0.25) is 0 Å². The Kier molecular flexibility index (Phi) is 18.8. The summed E-state index contributed by atoms with van der Waals surface area (Å²) in [6.45, 7) is 5.84. The molecule has 1 radical (unpaired) electrons. The Balaban J connectivity index is 2.22. The molecule has 1 saturated heterocycles. The van der Waals surface area contributed by atoms with Crippen molar-refractivity contribution in [1.29, 1.82) is 0 Å². The molecule has 191 valence electrons. The van der Waals surface area contributed by atoms with E-state index in [1.54, 1.807) is 15.0 Å². The summed E-state index contributed by atoms with van der Waals surface area (Å²) in [6.07, 6.45) is 25.5. The van der Waals surface area contributed by atoms with Crippen LogP contribution < -0.4 is 0 Å². The van der Waals surface area contributed by atoms with Crippen LogP contribution in [-0.4, -0.2) is 50.9 Å². The number of amides is 2. The molecule has 0 saturated carbocycles. The van der Waals surface area contributed by atoms with Gasteiger partial charge < -0.3 is 0 Å². The summed E-state index contributed by atoms with van der Waals surface area (Å²) in [5, 5.41) is 3.42. The van der Waals surface area contributed by atoms with E-state index in [1.807, 2.05) is 0 Å². The van der Waals surface area contributed by atoms with Gasteiger partial charge >= 0.3 is 161 Å². The fourth-order valence-corrected chi connectivity index (χ4v) is 5.06. The first-order valence-corrected chi connectivity index (χ1v) is 15.1. The van der Waals surface area contributed by atoms with Gasteiger partial charge in [0.05, 0.1) is 0 Å². The monoisotopic (exact) mass is 527 g/mol. The van der Waals surface area contributed by atoms with Gasteiger partial charge in [0, 0.05) is 0 Å². The van der Waals surface area contributed by atoms with E-state index in [9.17, 15) is 9.59 Å². The molecule has 0 aliphatic carbocycles. The minimum atomic E-state index is -0.123. The van der Waals surface area contributed by atoms with Crippen LogP contribution in [0.4, 0.5) is 0 Å². The van der Waals surface area contributed by atoms with Crippen LogP contribution in [0, 0.1) is 0 Å². The first-order chi connectivity index (χ1) is 16.2. The van der Waals surface area contributed by atoms with E-state index in [0.29, 0.717) is 18.7 Å². The summed E-state index contributed by atoms with van der Waals surface area (Å²) in [5.74, 6) is -0.247. The van der Waals surface area contributed by atoms with E-state index in [4.69, 9.17) is 0 Å². The molecule has 0 aromatic carbocycles. The van der Waals surface area contributed by atoms with Gasteiger partial charge in [0.2, 0.25) is 0 Å². The van der Waals surface area contributed by atoms with Gasteiger partial charge in [-0.25, -0.2) is 0 Å². The SMILES string of the molecule is CCCCCCCCCCCCN1C(=O)C(=C[Se])C(=O)N1CCCCCCCCCCCC. The van der Waals surface area contributed by atoms with Crippen LogP contribution in [0.2, 0.25) is 0 Å². The van der Waals surface area contributed by atoms with Crippen LogP contribution in [-0.2, 0) is 9.59 Å². The van der Waals surface area contributed by atoms with E-state index in [0.717, 1.165) is 25.7 Å². The number of nitrogens with zero attached hydrogens (tertiary/aromatic N) is 2. The van der Waals surface area contributed by atoms with Crippen molar-refractivity contribution >= 4 is 27.8 Å². The van der Waals surface area contributed by atoms with Gasteiger partial charge in [0.15, 0.2) is 0 Å². The van der Waals surface area contributed by atoms with Crippen LogP contribution in [0.3, 0.4) is 0 Å². The Morgan fingerprint density at radius 1 is 0.515 bits per heavy atom. The molecule has 2 amide bonds. The van der Waals surface area contributed by atoms with Crippen LogP contribution >= 0.6 is 0 Å². The van der Waals surface area contributed by atoms with Crippen molar-refractivity contribution in [3.63, 3.8) is 0 Å². The summed E-state index contributed by atoms with van der Waals surface area (Å²) >= 11 is 2.75. The predicted molar refractivity (Wildman–Crippen MR) is 141 cm³/mol. The van der Waals surface area contributed by atoms with E-state index in [2.05, 4.69) is 29.9 Å². The Bertz CT molecular complexity index is 506. The van der Waals surface area contributed by atoms with Crippen molar-refractivity contribution in [1.82, 2.24) is 10.0 Å². The molecule has 0 aromatic heterocycles. The van der Waals surface area contributed by atoms with Gasteiger partial charge in [0.25, 0.3) is 0 Å². The molecule has 1 heterocycles. The van der Waals surface area contributed by atoms with E-state index >= 15 is 0 Å². The van der Waals surface area contributed by atoms with E-state index in [1.165, 1.54) is 103 Å². The zero-order valence-corrected chi connectivity index (χ0v) is 23.5. The van der Waals surface area contributed by atoms with Gasteiger partial charge in [0.1, 0.15) is 0 Å². The fraction of sp³-hybridized carbons (Fsp3) is 0.857. The minimum absolute atomic E-state index is 0.123. The van der Waals surface area contributed by atoms with Crippen LogP contribution in [0.15, 0.2) is 10.5 Å². The Hall–Kier alpha value is -0.801. The topological polar surface area (TPSA) is 40.6 Å². The Labute approximate surface area is 213 Å². The maximum atomic E-state index is 12.7. The standard InChI is InChI=1S/C28H51N2O2Se/c1-3-5-7-9-11-13-15-17-19-21-23-29-27(31)26(25-33)28(32)30(29)24-22-20-18-16-14-12-10-8-6-4-2/h25H,3-24H2,1-2H3. The normalized spacial score (nSPS) is 14.1. The molecular weight excluding hydrogens is 475 g/mol. The van der Waals surface area contributed by atoms with Crippen molar-refractivity contribution in [2.45, 2.75) is 142 Å². The van der Waals surface area contributed by atoms with Crippen molar-refractivity contribution in [3.8, 4) is 0 Å². The molecule has 0 spiro atoms. The molecule has 1 aliphatic heterocycles. The quantitative estimate of drug-likeness (QED) is 0.0636. The van der Waals surface area contributed by atoms with E-state index < -0.39 is 0 Å². The summed E-state index contributed by atoms with van der Waals surface area (Å²) < 4.78 is 0. The van der Waals surface area contributed by atoms with Gasteiger partial charge in [-0.2, -0.15) is 0 Å². The molecule has 5 heteroatoms. The number of hydrazine groups is 1. The molecule has 0 atom stereocenters. The molecule has 4 nitrogen and oxygen atoms in total. The first-order valence-electron chi connectivity index (χ1n) is 14.1. The summed E-state index contributed by atoms with van der Waals surface area (Å²) in [4.78, 5) is 27.0. The van der Waals surface area contributed by atoms with Gasteiger partial charge in [-0.1, -0.05) is 52.4 Å². The number of hydrogen-bond donors (Lipinski definition) is 0. The second-order valence-corrected chi connectivity index (χ2v) is 10.2. The number of unbranched alkanes of at least 4 members (excludes halogenated alkanes) is 18. The smallest absolute Gasteiger partial charge is 0.0654 e. The molecular formula is C28H51N2O2Se. The number of hydrogen-bond acceptors (Lipinski definition) is 2. The Morgan fingerprint density at radius 3 is 1.06 bits per heavy atom. The molecule has 1 aliphatic rings. The third-order valence-corrected chi connectivity index (χ3v) is 7.28. The van der Waals surface area contributed by atoms with Gasteiger partial charge in [-0.15, -0.1) is 0 Å². The minimum Gasteiger partial charge on any atom is -0.0654 e. The molecule has 0 N–H and O–H groups in total. The predicted octanol–water partition coefficient (Wildman–Crippen LogP) is 7.47. The zero-order valence-electron chi connectivity index (χ0n) is 21.8. The van der Waals surface area contributed by atoms with Crippen molar-refractivity contribution in [3.05, 3.63) is 10.5 Å². The third-order valence-electron chi connectivity index (χ3n) is 6.79. The molecule has 1 fully saturated rings. The molecule has 1 rings (SSSR count).